The maximum atomic E-state index is 12.2. The van der Waals surface area contributed by atoms with Gasteiger partial charge in [-0.3, -0.25) is 4.79 Å². The van der Waals surface area contributed by atoms with Crippen LogP contribution in [0.15, 0.2) is 0 Å². The van der Waals surface area contributed by atoms with E-state index in [2.05, 4.69) is 44.9 Å². The van der Waals surface area contributed by atoms with Gasteiger partial charge in [-0.25, -0.2) is 0 Å². The molecule has 0 saturated carbocycles. The molecule has 4 nitrogen and oxygen atoms in total. The zero-order chi connectivity index (χ0) is 17.0. The molecule has 2 N–H and O–H groups in total. The van der Waals surface area contributed by atoms with Gasteiger partial charge >= 0.3 is 0 Å². The fraction of sp³-hybridized carbons (Fsp3) is 0.944. The van der Waals surface area contributed by atoms with E-state index in [1.807, 2.05) is 0 Å². The molecule has 132 valence electrons. The molecule has 0 aliphatic rings. The standard InChI is InChI=1S/C18H39N3O/c1-6-7-12-18(17(19)22,13-8-10-15-20(2)3)14-9-11-16-21(4)5/h6-16H2,1-5H3,(H2,19,22). The first kappa shape index (κ1) is 21.4. The molecule has 4 heteroatoms. The summed E-state index contributed by atoms with van der Waals surface area (Å²) >= 11 is 0. The van der Waals surface area contributed by atoms with Gasteiger partial charge in [0.05, 0.1) is 0 Å². The number of nitrogens with zero attached hydrogens (tertiary/aromatic N) is 2. The second-order valence-corrected chi connectivity index (χ2v) is 7.27. The molecule has 0 heterocycles. The van der Waals surface area contributed by atoms with Crippen molar-refractivity contribution in [1.82, 2.24) is 9.80 Å². The van der Waals surface area contributed by atoms with E-state index in [0.717, 1.165) is 70.9 Å². The monoisotopic (exact) mass is 313 g/mol. The number of carbonyl (C=O) groups is 1. The van der Waals surface area contributed by atoms with E-state index in [1.165, 1.54) is 0 Å². The number of hydrogen-bond acceptors (Lipinski definition) is 3. The summed E-state index contributed by atoms with van der Waals surface area (Å²) in [4.78, 5) is 16.6. The summed E-state index contributed by atoms with van der Waals surface area (Å²) in [6.07, 6.45) is 9.59. The minimum Gasteiger partial charge on any atom is -0.369 e. The molecule has 0 aromatic carbocycles. The Balaban J connectivity index is 4.52. The van der Waals surface area contributed by atoms with Crippen LogP contribution in [0.3, 0.4) is 0 Å². The van der Waals surface area contributed by atoms with Crippen LogP contribution in [0.1, 0.15) is 64.7 Å². The highest BCUT2D eigenvalue weighted by atomic mass is 16.1. The number of rotatable bonds is 14. The van der Waals surface area contributed by atoms with Crippen LogP contribution < -0.4 is 5.73 Å². The van der Waals surface area contributed by atoms with Gasteiger partial charge < -0.3 is 15.5 Å². The van der Waals surface area contributed by atoms with Crippen LogP contribution in [-0.2, 0) is 4.79 Å². The summed E-state index contributed by atoms with van der Waals surface area (Å²) in [5.41, 5.74) is 5.57. The van der Waals surface area contributed by atoms with Gasteiger partial charge in [-0.2, -0.15) is 0 Å². The number of unbranched alkanes of at least 4 members (excludes halogenated alkanes) is 3. The van der Waals surface area contributed by atoms with Crippen molar-refractivity contribution < 1.29 is 4.79 Å². The molecule has 0 bridgehead atoms. The Kier molecular flexibility index (Phi) is 11.6. The van der Waals surface area contributed by atoms with E-state index in [9.17, 15) is 4.79 Å². The highest BCUT2D eigenvalue weighted by molar-refractivity contribution is 5.80. The largest absolute Gasteiger partial charge is 0.369 e. The van der Waals surface area contributed by atoms with Crippen LogP contribution in [0.5, 0.6) is 0 Å². The molecular weight excluding hydrogens is 274 g/mol. The molecule has 0 unspecified atom stereocenters. The van der Waals surface area contributed by atoms with Gasteiger partial charge in [-0.05, 0) is 73.4 Å². The lowest BCUT2D eigenvalue weighted by Crippen LogP contribution is -2.37. The maximum absolute atomic E-state index is 12.2. The van der Waals surface area contributed by atoms with E-state index < -0.39 is 0 Å². The van der Waals surface area contributed by atoms with E-state index >= 15 is 0 Å². The van der Waals surface area contributed by atoms with Gasteiger partial charge in [0.15, 0.2) is 0 Å². The van der Waals surface area contributed by atoms with Crippen LogP contribution in [0.2, 0.25) is 0 Å². The van der Waals surface area contributed by atoms with Crippen molar-refractivity contribution in [1.29, 1.82) is 0 Å². The van der Waals surface area contributed by atoms with Crippen molar-refractivity contribution in [3.8, 4) is 0 Å². The number of nitrogens with two attached hydrogens (primary N) is 1. The summed E-state index contributed by atoms with van der Waals surface area (Å²) in [7, 11) is 8.39. The molecular formula is C18H39N3O. The van der Waals surface area contributed by atoms with Crippen LogP contribution in [-0.4, -0.2) is 57.0 Å². The Labute approximate surface area is 138 Å². The fourth-order valence-corrected chi connectivity index (χ4v) is 3.04. The lowest BCUT2D eigenvalue weighted by atomic mass is 9.73. The average Bonchev–Trinajstić information content (AvgIpc) is 2.43. The Morgan fingerprint density at radius 3 is 1.55 bits per heavy atom. The summed E-state index contributed by atoms with van der Waals surface area (Å²) in [5.74, 6) is -0.0735. The van der Waals surface area contributed by atoms with Gasteiger partial charge in [0.1, 0.15) is 0 Å². The normalized spacial score (nSPS) is 12.3. The zero-order valence-electron chi connectivity index (χ0n) is 15.7. The molecule has 0 fully saturated rings. The van der Waals surface area contributed by atoms with E-state index in [0.29, 0.717) is 0 Å². The van der Waals surface area contributed by atoms with Crippen molar-refractivity contribution in [2.24, 2.45) is 11.1 Å². The third kappa shape index (κ3) is 9.42. The fourth-order valence-electron chi connectivity index (χ4n) is 3.04. The summed E-state index contributed by atoms with van der Waals surface area (Å²) in [6.45, 7) is 4.36. The molecule has 0 atom stereocenters. The lowest BCUT2D eigenvalue weighted by Gasteiger charge is -2.31. The maximum Gasteiger partial charge on any atom is 0.223 e. The summed E-state index contributed by atoms with van der Waals surface area (Å²) in [5, 5.41) is 0. The molecule has 0 rings (SSSR count). The molecule has 0 aromatic rings. The molecule has 0 aromatic heterocycles. The molecule has 0 radical (unpaired) electrons. The third-order valence-electron chi connectivity index (χ3n) is 4.55. The van der Waals surface area contributed by atoms with Gasteiger partial charge in [0.25, 0.3) is 0 Å². The first-order valence-electron chi connectivity index (χ1n) is 8.93. The zero-order valence-corrected chi connectivity index (χ0v) is 15.7. The minimum atomic E-state index is -0.269. The first-order valence-corrected chi connectivity index (χ1v) is 8.93. The highest BCUT2D eigenvalue weighted by Gasteiger charge is 2.34. The first-order chi connectivity index (χ1) is 10.3. The molecule has 0 aliphatic carbocycles. The Hall–Kier alpha value is -0.610. The van der Waals surface area contributed by atoms with Crippen molar-refractivity contribution in [3.05, 3.63) is 0 Å². The number of carbonyl (C=O) groups excluding carboxylic acids is 1. The van der Waals surface area contributed by atoms with Gasteiger partial charge in [0.2, 0.25) is 5.91 Å². The topological polar surface area (TPSA) is 49.6 Å². The number of amides is 1. The molecule has 0 saturated heterocycles. The third-order valence-corrected chi connectivity index (χ3v) is 4.55. The van der Waals surface area contributed by atoms with Gasteiger partial charge in [0, 0.05) is 5.41 Å². The van der Waals surface area contributed by atoms with E-state index in [4.69, 9.17) is 5.73 Å². The summed E-state index contributed by atoms with van der Waals surface area (Å²) < 4.78 is 0. The van der Waals surface area contributed by atoms with Crippen LogP contribution in [0.4, 0.5) is 0 Å². The average molecular weight is 314 g/mol. The van der Waals surface area contributed by atoms with Crippen molar-refractivity contribution in [2.45, 2.75) is 64.7 Å². The molecule has 22 heavy (non-hydrogen) atoms. The van der Waals surface area contributed by atoms with Crippen LogP contribution >= 0.6 is 0 Å². The predicted molar refractivity (Wildman–Crippen MR) is 96.0 cm³/mol. The van der Waals surface area contributed by atoms with Crippen molar-refractivity contribution in [2.75, 3.05) is 41.3 Å². The minimum absolute atomic E-state index is 0.0735. The molecule has 0 aliphatic heterocycles. The number of hydrogen-bond donors (Lipinski definition) is 1. The van der Waals surface area contributed by atoms with Gasteiger partial charge in [-0.15, -0.1) is 0 Å². The van der Waals surface area contributed by atoms with Crippen LogP contribution in [0, 0.1) is 5.41 Å². The van der Waals surface area contributed by atoms with E-state index in [-0.39, 0.29) is 11.3 Å². The predicted octanol–water partition coefficient (Wildman–Crippen LogP) is 3.11. The van der Waals surface area contributed by atoms with Gasteiger partial charge in [-0.1, -0.05) is 32.6 Å². The SMILES string of the molecule is CCCCC(CCCCN(C)C)(CCCCN(C)C)C(N)=O. The second-order valence-electron chi connectivity index (χ2n) is 7.27. The highest BCUT2D eigenvalue weighted by Crippen LogP contribution is 2.36. The Bertz CT molecular complexity index is 274. The lowest BCUT2D eigenvalue weighted by molar-refractivity contribution is -0.129. The quantitative estimate of drug-likeness (QED) is 0.501. The van der Waals surface area contributed by atoms with E-state index in [1.54, 1.807) is 0 Å². The Morgan fingerprint density at radius 1 is 0.818 bits per heavy atom. The van der Waals surface area contributed by atoms with Crippen molar-refractivity contribution >= 4 is 5.91 Å². The number of primary amides is 1. The second kappa shape index (κ2) is 11.9. The summed E-state index contributed by atoms with van der Waals surface area (Å²) in [6, 6.07) is 0. The Morgan fingerprint density at radius 2 is 1.23 bits per heavy atom. The smallest absolute Gasteiger partial charge is 0.223 e. The molecule has 0 spiro atoms. The van der Waals surface area contributed by atoms with Crippen molar-refractivity contribution in [3.63, 3.8) is 0 Å². The van der Waals surface area contributed by atoms with Crippen LogP contribution in [0.25, 0.3) is 0 Å². The molecule has 1 amide bonds.